The minimum atomic E-state index is -0.0117. The van der Waals surface area contributed by atoms with Gasteiger partial charge in [-0.3, -0.25) is 14.5 Å². The molecule has 0 N–H and O–H groups in total. The SMILES string of the molecule is CCCCN1C(=O)/C(=C2/Sc3ccc(Cl)cc3N2CC)SC1=Nc1ccc(C(C)=O)cc1. The molecule has 0 atom stereocenters. The number of rotatable bonds is 6. The van der Waals surface area contributed by atoms with Crippen molar-refractivity contribution in [1.29, 1.82) is 0 Å². The van der Waals surface area contributed by atoms with Gasteiger partial charge in [-0.2, -0.15) is 0 Å². The Labute approximate surface area is 201 Å². The fourth-order valence-corrected chi connectivity index (χ4v) is 6.12. The second-order valence-corrected chi connectivity index (χ2v) is 9.95. The zero-order valence-electron chi connectivity index (χ0n) is 18.2. The van der Waals surface area contributed by atoms with E-state index in [4.69, 9.17) is 16.6 Å². The van der Waals surface area contributed by atoms with E-state index in [1.54, 1.807) is 35.7 Å². The minimum absolute atomic E-state index is 0.0117. The number of thioether (sulfide) groups is 2. The number of ketones is 1. The maximum atomic E-state index is 13.5. The molecule has 2 aliphatic heterocycles. The number of Topliss-reactive ketones (excluding diaryl/α,β-unsaturated/α-hetero) is 1. The number of carbonyl (C=O) groups excluding carboxylic acids is 2. The van der Waals surface area contributed by atoms with Crippen LogP contribution in [0.15, 0.2) is 62.3 Å². The van der Waals surface area contributed by atoms with Crippen molar-refractivity contribution in [3.8, 4) is 0 Å². The van der Waals surface area contributed by atoms with Crippen LogP contribution in [0.3, 0.4) is 0 Å². The monoisotopic (exact) mass is 485 g/mol. The third-order valence-electron chi connectivity index (χ3n) is 5.27. The molecule has 4 rings (SSSR count). The molecular formula is C24H24ClN3O2S2. The predicted octanol–water partition coefficient (Wildman–Crippen LogP) is 6.71. The van der Waals surface area contributed by atoms with E-state index >= 15 is 0 Å². The molecule has 0 bridgehead atoms. The number of hydrogen-bond acceptors (Lipinski definition) is 6. The first kappa shape index (κ1) is 23.0. The van der Waals surface area contributed by atoms with E-state index in [2.05, 4.69) is 18.7 Å². The van der Waals surface area contributed by atoms with Gasteiger partial charge in [-0.15, -0.1) is 0 Å². The molecule has 2 heterocycles. The predicted molar refractivity (Wildman–Crippen MR) is 135 cm³/mol. The summed E-state index contributed by atoms with van der Waals surface area (Å²) < 4.78 is 0. The van der Waals surface area contributed by atoms with Crippen LogP contribution >= 0.6 is 35.1 Å². The summed E-state index contributed by atoms with van der Waals surface area (Å²) in [5.74, 6) is 0.00575. The van der Waals surface area contributed by atoms with Crippen LogP contribution in [-0.2, 0) is 4.79 Å². The Hall–Kier alpha value is -2.22. The number of fused-ring (bicyclic) bond motifs is 1. The molecule has 5 nitrogen and oxygen atoms in total. The van der Waals surface area contributed by atoms with Crippen LogP contribution in [0, 0.1) is 0 Å². The van der Waals surface area contributed by atoms with Crippen molar-refractivity contribution in [1.82, 2.24) is 4.90 Å². The van der Waals surface area contributed by atoms with Gasteiger partial charge in [0, 0.05) is 28.6 Å². The number of nitrogens with zero attached hydrogens (tertiary/aromatic N) is 3. The molecule has 0 saturated carbocycles. The summed E-state index contributed by atoms with van der Waals surface area (Å²) in [5.41, 5.74) is 2.40. The molecular weight excluding hydrogens is 462 g/mol. The van der Waals surface area contributed by atoms with Gasteiger partial charge in [0.2, 0.25) is 0 Å². The molecule has 0 radical (unpaired) electrons. The number of anilines is 1. The minimum Gasteiger partial charge on any atom is -0.334 e. The van der Waals surface area contributed by atoms with Crippen molar-refractivity contribution < 1.29 is 9.59 Å². The highest BCUT2D eigenvalue weighted by atomic mass is 35.5. The highest BCUT2D eigenvalue weighted by molar-refractivity contribution is 8.19. The van der Waals surface area contributed by atoms with Crippen molar-refractivity contribution in [2.24, 2.45) is 4.99 Å². The first-order chi connectivity index (χ1) is 15.4. The lowest BCUT2D eigenvalue weighted by molar-refractivity contribution is -0.122. The van der Waals surface area contributed by atoms with Gasteiger partial charge in [-0.25, -0.2) is 4.99 Å². The van der Waals surface area contributed by atoms with Crippen LogP contribution in [-0.4, -0.2) is 34.8 Å². The smallest absolute Gasteiger partial charge is 0.269 e. The van der Waals surface area contributed by atoms with Gasteiger partial charge in [0.25, 0.3) is 5.91 Å². The highest BCUT2D eigenvalue weighted by Crippen LogP contribution is 2.51. The van der Waals surface area contributed by atoms with E-state index in [0.29, 0.717) is 27.2 Å². The van der Waals surface area contributed by atoms with Gasteiger partial charge >= 0.3 is 0 Å². The quantitative estimate of drug-likeness (QED) is 0.336. The summed E-state index contributed by atoms with van der Waals surface area (Å²) in [4.78, 5) is 35.5. The van der Waals surface area contributed by atoms with Gasteiger partial charge in [0.05, 0.1) is 11.4 Å². The van der Waals surface area contributed by atoms with Gasteiger partial charge in [0.15, 0.2) is 11.0 Å². The average Bonchev–Trinajstić information content (AvgIpc) is 3.29. The largest absolute Gasteiger partial charge is 0.334 e. The lowest BCUT2D eigenvalue weighted by Gasteiger charge is -2.19. The number of benzene rings is 2. The Morgan fingerprint density at radius 1 is 1.06 bits per heavy atom. The summed E-state index contributed by atoms with van der Waals surface area (Å²) in [6.07, 6.45) is 1.89. The summed E-state index contributed by atoms with van der Waals surface area (Å²) in [5, 5.41) is 2.28. The van der Waals surface area contributed by atoms with Gasteiger partial charge in [-0.1, -0.05) is 36.7 Å². The summed E-state index contributed by atoms with van der Waals surface area (Å²) in [7, 11) is 0. The highest BCUT2D eigenvalue weighted by Gasteiger charge is 2.39. The number of halogens is 1. The number of amides is 1. The molecule has 1 amide bonds. The van der Waals surface area contributed by atoms with Crippen molar-refractivity contribution in [3.05, 3.63) is 63.0 Å². The van der Waals surface area contributed by atoms with Crippen molar-refractivity contribution in [2.75, 3.05) is 18.0 Å². The van der Waals surface area contributed by atoms with E-state index in [1.165, 1.54) is 11.8 Å². The molecule has 166 valence electrons. The van der Waals surface area contributed by atoms with Crippen molar-refractivity contribution in [2.45, 2.75) is 38.5 Å². The molecule has 2 aromatic carbocycles. The van der Waals surface area contributed by atoms with E-state index in [-0.39, 0.29) is 11.7 Å². The number of carbonyl (C=O) groups is 2. The average molecular weight is 486 g/mol. The zero-order valence-corrected chi connectivity index (χ0v) is 20.6. The Morgan fingerprint density at radius 3 is 2.47 bits per heavy atom. The molecule has 0 spiro atoms. The lowest BCUT2D eigenvalue weighted by Crippen LogP contribution is -2.30. The first-order valence-electron chi connectivity index (χ1n) is 10.6. The molecule has 0 aromatic heterocycles. The number of aliphatic imine (C=N–C) groups is 1. The van der Waals surface area contributed by atoms with E-state index in [0.717, 1.165) is 40.7 Å². The van der Waals surface area contributed by atoms with Crippen LogP contribution in [0.4, 0.5) is 11.4 Å². The molecule has 0 aliphatic carbocycles. The number of unbranched alkanes of at least 4 members (excludes halogenated alkanes) is 1. The zero-order chi connectivity index (χ0) is 22.8. The third kappa shape index (κ3) is 4.47. The van der Waals surface area contributed by atoms with E-state index in [9.17, 15) is 9.59 Å². The number of amidine groups is 1. The van der Waals surface area contributed by atoms with Crippen LogP contribution < -0.4 is 4.90 Å². The second kappa shape index (κ2) is 9.73. The standard InChI is InChI=1S/C24H24ClN3O2S2/c1-4-6-13-28-22(30)21(23-27(5-2)19-14-17(25)9-12-20(19)31-23)32-24(28)26-18-10-7-16(8-11-18)15(3)29/h7-12,14H,4-6,13H2,1-3H3/b23-21-,26-24?. The fraction of sp³-hybridized carbons (Fsp3) is 0.292. The molecule has 32 heavy (non-hydrogen) atoms. The molecule has 8 heteroatoms. The maximum absolute atomic E-state index is 13.5. The third-order valence-corrected chi connectivity index (χ3v) is 7.89. The van der Waals surface area contributed by atoms with E-state index < -0.39 is 0 Å². The molecule has 1 fully saturated rings. The van der Waals surface area contributed by atoms with Gasteiger partial charge in [0.1, 0.15) is 9.93 Å². The van der Waals surface area contributed by atoms with Gasteiger partial charge in [-0.05, 0) is 74.5 Å². The van der Waals surface area contributed by atoms with Crippen LogP contribution in [0.5, 0.6) is 0 Å². The normalized spacial score (nSPS) is 19.2. The number of hydrogen-bond donors (Lipinski definition) is 0. The first-order valence-corrected chi connectivity index (χ1v) is 12.6. The van der Waals surface area contributed by atoms with Gasteiger partial charge < -0.3 is 4.90 Å². The Bertz CT molecular complexity index is 1130. The van der Waals surface area contributed by atoms with Crippen LogP contribution in [0.2, 0.25) is 5.02 Å². The summed E-state index contributed by atoms with van der Waals surface area (Å²) in [6.45, 7) is 7.08. The topological polar surface area (TPSA) is 53.0 Å². The van der Waals surface area contributed by atoms with Crippen LogP contribution in [0.1, 0.15) is 44.0 Å². The summed E-state index contributed by atoms with van der Waals surface area (Å²) in [6, 6.07) is 13.0. The maximum Gasteiger partial charge on any atom is 0.269 e. The molecule has 2 aliphatic rings. The van der Waals surface area contributed by atoms with Crippen LogP contribution in [0.25, 0.3) is 0 Å². The van der Waals surface area contributed by atoms with E-state index in [1.807, 2.05) is 30.3 Å². The van der Waals surface area contributed by atoms with Crippen molar-refractivity contribution >= 4 is 63.4 Å². The molecule has 0 unspecified atom stereocenters. The summed E-state index contributed by atoms with van der Waals surface area (Å²) >= 11 is 9.26. The Kier molecular flexibility index (Phi) is 6.98. The molecule has 1 saturated heterocycles. The second-order valence-electron chi connectivity index (χ2n) is 7.50. The Balaban J connectivity index is 1.72. The lowest BCUT2D eigenvalue weighted by atomic mass is 10.1. The molecule has 2 aromatic rings. The fourth-order valence-electron chi connectivity index (χ4n) is 3.55. The Morgan fingerprint density at radius 2 is 1.81 bits per heavy atom. The van der Waals surface area contributed by atoms with Crippen molar-refractivity contribution in [3.63, 3.8) is 0 Å².